The smallest absolute Gasteiger partial charge is 0.270 e. The van der Waals surface area contributed by atoms with E-state index in [1.807, 2.05) is 17.0 Å². The lowest BCUT2D eigenvalue weighted by Crippen LogP contribution is -2.41. The molecule has 1 amide bonds. The third-order valence-electron chi connectivity index (χ3n) is 4.78. The molecule has 1 atom stereocenters. The highest BCUT2D eigenvalue weighted by Crippen LogP contribution is 2.31. The average molecular weight is 276 g/mol. The van der Waals surface area contributed by atoms with Gasteiger partial charge in [0.05, 0.1) is 0 Å². The van der Waals surface area contributed by atoms with E-state index in [-0.39, 0.29) is 18.4 Å². The van der Waals surface area contributed by atoms with E-state index in [0.717, 1.165) is 25.1 Å². The zero-order chi connectivity index (χ0) is 13.9. The second kappa shape index (κ2) is 6.00. The van der Waals surface area contributed by atoms with Crippen molar-refractivity contribution in [2.24, 2.45) is 5.92 Å². The van der Waals surface area contributed by atoms with E-state index in [1.165, 1.54) is 25.7 Å². The van der Waals surface area contributed by atoms with Crippen molar-refractivity contribution in [3.05, 3.63) is 24.0 Å². The van der Waals surface area contributed by atoms with Crippen LogP contribution in [-0.2, 0) is 0 Å². The quantitative estimate of drug-likeness (QED) is 0.921. The number of rotatable bonds is 3. The van der Waals surface area contributed by atoms with Crippen LogP contribution in [0, 0.1) is 5.92 Å². The zero-order valence-electron chi connectivity index (χ0n) is 12.0. The van der Waals surface area contributed by atoms with Gasteiger partial charge in [0.1, 0.15) is 5.69 Å². The van der Waals surface area contributed by atoms with Gasteiger partial charge in [-0.15, -0.1) is 0 Å². The fourth-order valence-electron chi connectivity index (χ4n) is 3.64. The molecular weight excluding hydrogens is 252 g/mol. The van der Waals surface area contributed by atoms with Crippen LogP contribution in [0.25, 0.3) is 0 Å². The summed E-state index contributed by atoms with van der Waals surface area (Å²) >= 11 is 0. The summed E-state index contributed by atoms with van der Waals surface area (Å²) in [5, 5.41) is 9.31. The zero-order valence-corrected chi connectivity index (χ0v) is 12.0. The summed E-state index contributed by atoms with van der Waals surface area (Å²) in [6, 6.07) is 4.43. The van der Waals surface area contributed by atoms with E-state index < -0.39 is 0 Å². The van der Waals surface area contributed by atoms with Gasteiger partial charge in [0, 0.05) is 31.9 Å². The van der Waals surface area contributed by atoms with Gasteiger partial charge in [-0.05, 0) is 43.7 Å². The van der Waals surface area contributed by atoms with Crippen molar-refractivity contribution >= 4 is 5.91 Å². The predicted molar refractivity (Wildman–Crippen MR) is 77.7 cm³/mol. The first-order valence-corrected chi connectivity index (χ1v) is 7.86. The molecule has 2 heterocycles. The van der Waals surface area contributed by atoms with E-state index in [0.29, 0.717) is 12.6 Å². The van der Waals surface area contributed by atoms with Crippen molar-refractivity contribution in [3.8, 4) is 0 Å². The predicted octanol–water partition coefficient (Wildman–Crippen LogP) is 2.45. The van der Waals surface area contributed by atoms with E-state index >= 15 is 0 Å². The molecule has 3 rings (SSSR count). The number of carbonyl (C=O) groups excluding carboxylic acids is 1. The standard InChI is InChI=1S/C16H24N2O2/c19-12-13-5-3-9-17(11-13)16(20)15-8-4-10-18(15)14-6-1-2-7-14/h4,8,10,13-14,19H,1-3,5-7,9,11-12H2. The molecule has 1 saturated carbocycles. The fourth-order valence-corrected chi connectivity index (χ4v) is 3.64. The van der Waals surface area contributed by atoms with Crippen LogP contribution in [0.4, 0.5) is 0 Å². The maximum atomic E-state index is 12.7. The Morgan fingerprint density at radius 3 is 2.80 bits per heavy atom. The second-order valence-corrected chi connectivity index (χ2v) is 6.18. The van der Waals surface area contributed by atoms with E-state index in [1.54, 1.807) is 0 Å². The number of amides is 1. The topological polar surface area (TPSA) is 45.5 Å². The number of piperidine rings is 1. The van der Waals surface area contributed by atoms with Gasteiger partial charge in [0.25, 0.3) is 5.91 Å². The van der Waals surface area contributed by atoms with Crippen LogP contribution < -0.4 is 0 Å². The largest absolute Gasteiger partial charge is 0.396 e. The third-order valence-corrected chi connectivity index (χ3v) is 4.78. The normalized spacial score (nSPS) is 24.2. The van der Waals surface area contributed by atoms with E-state index in [2.05, 4.69) is 10.8 Å². The lowest BCUT2D eigenvalue weighted by Gasteiger charge is -2.32. The highest BCUT2D eigenvalue weighted by atomic mass is 16.3. The SMILES string of the molecule is O=C(c1cccn1C1CCCC1)N1CCCC(CO)C1. The monoisotopic (exact) mass is 276 g/mol. The minimum absolute atomic E-state index is 0.139. The third kappa shape index (κ3) is 2.62. The molecule has 110 valence electrons. The van der Waals surface area contributed by atoms with Gasteiger partial charge in [-0.3, -0.25) is 4.79 Å². The number of aliphatic hydroxyl groups is 1. The summed E-state index contributed by atoms with van der Waals surface area (Å²) in [6.07, 6.45) is 9.00. The van der Waals surface area contributed by atoms with E-state index in [4.69, 9.17) is 0 Å². The van der Waals surface area contributed by atoms with E-state index in [9.17, 15) is 9.90 Å². The summed E-state index contributed by atoms with van der Waals surface area (Å²) in [7, 11) is 0. The van der Waals surface area contributed by atoms with Crippen molar-refractivity contribution < 1.29 is 9.90 Å². The first kappa shape index (κ1) is 13.7. The number of nitrogens with zero attached hydrogens (tertiary/aromatic N) is 2. The highest BCUT2D eigenvalue weighted by molar-refractivity contribution is 5.93. The number of carbonyl (C=O) groups is 1. The van der Waals surface area contributed by atoms with Crippen LogP contribution in [-0.4, -0.2) is 40.2 Å². The molecule has 0 bridgehead atoms. The molecule has 1 aromatic heterocycles. The van der Waals surface area contributed by atoms with Gasteiger partial charge in [-0.1, -0.05) is 12.8 Å². The molecule has 2 aliphatic rings. The van der Waals surface area contributed by atoms with Gasteiger partial charge in [-0.25, -0.2) is 0 Å². The van der Waals surface area contributed by atoms with Crippen LogP contribution in [0.15, 0.2) is 18.3 Å². The van der Waals surface area contributed by atoms with Crippen molar-refractivity contribution in [2.45, 2.75) is 44.6 Å². The Hall–Kier alpha value is -1.29. The summed E-state index contributed by atoms with van der Waals surface area (Å²) in [4.78, 5) is 14.6. The summed E-state index contributed by atoms with van der Waals surface area (Å²) in [5.41, 5.74) is 0.829. The Kier molecular flexibility index (Phi) is 4.10. The number of aliphatic hydroxyl groups excluding tert-OH is 1. The molecule has 4 nitrogen and oxygen atoms in total. The molecule has 1 aliphatic heterocycles. The maximum absolute atomic E-state index is 12.7. The first-order valence-electron chi connectivity index (χ1n) is 7.86. The first-order chi connectivity index (χ1) is 9.79. The van der Waals surface area contributed by atoms with Crippen LogP contribution >= 0.6 is 0 Å². The lowest BCUT2D eigenvalue weighted by atomic mass is 9.99. The Labute approximate surface area is 120 Å². The van der Waals surface area contributed by atoms with Crippen LogP contribution in [0.5, 0.6) is 0 Å². The summed E-state index contributed by atoms with van der Waals surface area (Å²) in [6.45, 7) is 1.71. The van der Waals surface area contributed by atoms with Crippen molar-refractivity contribution in [3.63, 3.8) is 0 Å². The minimum atomic E-state index is 0.139. The molecule has 0 spiro atoms. The number of likely N-dealkylation sites (tertiary alicyclic amines) is 1. The molecule has 1 aliphatic carbocycles. The summed E-state index contributed by atoms with van der Waals surface area (Å²) < 4.78 is 2.18. The van der Waals surface area contributed by atoms with Crippen LogP contribution in [0.1, 0.15) is 55.1 Å². The van der Waals surface area contributed by atoms with Crippen molar-refractivity contribution in [1.29, 1.82) is 0 Å². The highest BCUT2D eigenvalue weighted by Gasteiger charge is 2.27. The Bertz CT molecular complexity index is 463. The van der Waals surface area contributed by atoms with Crippen molar-refractivity contribution in [2.75, 3.05) is 19.7 Å². The van der Waals surface area contributed by atoms with Crippen LogP contribution in [0.2, 0.25) is 0 Å². The number of hydrogen-bond acceptors (Lipinski definition) is 2. The van der Waals surface area contributed by atoms with Crippen molar-refractivity contribution in [1.82, 2.24) is 9.47 Å². The Morgan fingerprint density at radius 2 is 2.05 bits per heavy atom. The van der Waals surface area contributed by atoms with Gasteiger partial charge in [-0.2, -0.15) is 0 Å². The maximum Gasteiger partial charge on any atom is 0.270 e. The molecule has 1 unspecified atom stereocenters. The number of aromatic nitrogens is 1. The van der Waals surface area contributed by atoms with Gasteiger partial charge in [0.2, 0.25) is 0 Å². The Balaban J connectivity index is 1.75. The minimum Gasteiger partial charge on any atom is -0.396 e. The van der Waals surface area contributed by atoms with Gasteiger partial charge < -0.3 is 14.6 Å². The average Bonchev–Trinajstić information content (AvgIpc) is 3.16. The summed E-state index contributed by atoms with van der Waals surface area (Å²) in [5.74, 6) is 0.391. The molecule has 0 aromatic carbocycles. The lowest BCUT2D eigenvalue weighted by molar-refractivity contribution is 0.0608. The number of hydrogen-bond donors (Lipinski definition) is 1. The molecule has 4 heteroatoms. The second-order valence-electron chi connectivity index (χ2n) is 6.18. The Morgan fingerprint density at radius 1 is 1.25 bits per heavy atom. The molecule has 1 saturated heterocycles. The molecule has 1 N–H and O–H groups in total. The molecule has 20 heavy (non-hydrogen) atoms. The molecule has 0 radical (unpaired) electrons. The fraction of sp³-hybridized carbons (Fsp3) is 0.688. The van der Waals surface area contributed by atoms with Crippen LogP contribution in [0.3, 0.4) is 0 Å². The molecular formula is C16H24N2O2. The molecule has 1 aromatic rings. The molecule has 2 fully saturated rings. The van der Waals surface area contributed by atoms with Gasteiger partial charge >= 0.3 is 0 Å². The van der Waals surface area contributed by atoms with Gasteiger partial charge in [0.15, 0.2) is 0 Å².